The van der Waals surface area contributed by atoms with Crippen molar-refractivity contribution in [2.24, 2.45) is 0 Å². The maximum Gasteiger partial charge on any atom is 1.00 e. The van der Waals surface area contributed by atoms with E-state index in [1.54, 1.807) is 0 Å². The van der Waals surface area contributed by atoms with Gasteiger partial charge in [-0.15, -0.1) is 0 Å². The number of aromatic carboxylic acids is 1. The van der Waals surface area contributed by atoms with E-state index in [0.29, 0.717) is 0 Å². The summed E-state index contributed by atoms with van der Waals surface area (Å²) in [6.07, 6.45) is 0. The fourth-order valence-electron chi connectivity index (χ4n) is 0.981. The molecule has 0 heterocycles. The van der Waals surface area contributed by atoms with Crippen LogP contribution in [-0.2, 0) is 11.1 Å². The number of halogens is 1. The summed E-state index contributed by atoms with van der Waals surface area (Å²) in [5.41, 5.74) is -0.796. The van der Waals surface area contributed by atoms with Crippen molar-refractivity contribution in [3.63, 3.8) is 0 Å². The third-order valence-electron chi connectivity index (χ3n) is 1.64. The first-order valence-electron chi connectivity index (χ1n) is 3.54. The topological polar surface area (TPSA) is 80.3 Å². The second-order valence-corrected chi connectivity index (χ2v) is 3.56. The van der Waals surface area contributed by atoms with Crippen LogP contribution in [0.1, 0.15) is 15.9 Å². The summed E-state index contributed by atoms with van der Waals surface area (Å²) in [5.74, 6) is -2.71. The van der Waals surface area contributed by atoms with Crippen LogP contribution in [-0.4, -0.2) is 14.7 Å². The Balaban J connectivity index is 0. The number of hydrogen-bond donors (Lipinski definition) is 0. The maximum absolute atomic E-state index is 13.1. The van der Waals surface area contributed by atoms with Gasteiger partial charge < -0.3 is 14.5 Å². The molecule has 0 fully saturated rings. The summed E-state index contributed by atoms with van der Waals surface area (Å²) in [4.78, 5) is 10.1. The molecule has 0 bridgehead atoms. The number of aryl methyl sites for hydroxylation is 1. The van der Waals surface area contributed by atoms with Gasteiger partial charge in [0.2, 0.25) is 0 Å². The smallest absolute Gasteiger partial charge is 0.768 e. The average molecular weight is 262 g/mol. The quantitative estimate of drug-likeness (QED) is 0.392. The molecule has 1 rings (SSSR count). The summed E-state index contributed by atoms with van der Waals surface area (Å²) in [6.45, 7) is 1.28. The molecule has 1 aromatic rings. The van der Waals surface area contributed by atoms with E-state index in [9.17, 15) is 23.1 Å². The number of carbonyl (C=O) groups excluding carboxylic acids is 1. The molecule has 0 aliphatic heterocycles. The number of rotatable bonds is 2. The van der Waals surface area contributed by atoms with Crippen molar-refractivity contribution >= 4 is 17.0 Å². The van der Waals surface area contributed by atoms with Gasteiger partial charge in [0, 0.05) is 10.5 Å². The molecule has 4 nitrogen and oxygen atoms in total. The Morgan fingerprint density at radius 2 is 1.88 bits per heavy atom. The third kappa shape index (κ3) is 4.54. The van der Waals surface area contributed by atoms with Gasteiger partial charge in [0.1, 0.15) is 5.82 Å². The molecule has 0 amide bonds. The number of benzene rings is 1. The second kappa shape index (κ2) is 7.94. The van der Waals surface area contributed by atoms with Gasteiger partial charge in [-0.25, -0.2) is 4.39 Å². The Hall–Kier alpha value is 0.730. The van der Waals surface area contributed by atoms with E-state index in [1.165, 1.54) is 6.92 Å². The molecule has 0 saturated carbocycles. The van der Waals surface area contributed by atoms with Crippen LogP contribution < -0.4 is 64.2 Å². The Bertz CT molecular complexity index is 425. The van der Waals surface area contributed by atoms with Gasteiger partial charge in [0.25, 0.3) is 0 Å². The average Bonchev–Trinajstić information content (AvgIpc) is 2.08. The molecule has 1 atom stereocenters. The Kier molecular flexibility index (Phi) is 9.47. The molecule has 1 unspecified atom stereocenters. The predicted molar refractivity (Wildman–Crippen MR) is 42.7 cm³/mol. The van der Waals surface area contributed by atoms with E-state index in [-0.39, 0.29) is 69.6 Å². The van der Waals surface area contributed by atoms with E-state index in [4.69, 9.17) is 0 Å². The van der Waals surface area contributed by atoms with Crippen LogP contribution in [0.5, 0.6) is 0 Å². The maximum atomic E-state index is 13.1. The van der Waals surface area contributed by atoms with Gasteiger partial charge in [-0.05, 0) is 35.7 Å². The van der Waals surface area contributed by atoms with E-state index < -0.39 is 28.4 Å². The molecule has 0 aromatic heterocycles. The van der Waals surface area contributed by atoms with Crippen LogP contribution in [0.25, 0.3) is 0 Å². The summed E-state index contributed by atoms with van der Waals surface area (Å²) in [7, 11) is 0. The fraction of sp³-hybridized carbons (Fsp3) is 0.125. The van der Waals surface area contributed by atoms with Crippen LogP contribution in [0.4, 0.5) is 4.39 Å². The second-order valence-electron chi connectivity index (χ2n) is 2.62. The molecule has 1 aromatic carbocycles. The summed E-state index contributed by atoms with van der Waals surface area (Å²) in [6, 6.07) is 1.77. The molecular formula is C8H5FNa2O4S. The molecule has 0 saturated heterocycles. The zero-order valence-corrected chi connectivity index (χ0v) is 13.9. The molecule has 76 valence electrons. The van der Waals surface area contributed by atoms with Gasteiger partial charge in [0.05, 0.1) is 5.97 Å². The monoisotopic (exact) mass is 262 g/mol. The van der Waals surface area contributed by atoms with E-state index >= 15 is 0 Å². The van der Waals surface area contributed by atoms with Gasteiger partial charge in [-0.2, -0.15) is 0 Å². The van der Waals surface area contributed by atoms with Crippen LogP contribution >= 0.6 is 0 Å². The number of hydrogen-bond acceptors (Lipinski definition) is 4. The van der Waals surface area contributed by atoms with Crippen LogP contribution in [0.3, 0.4) is 0 Å². The van der Waals surface area contributed by atoms with Crippen molar-refractivity contribution in [2.45, 2.75) is 11.8 Å². The van der Waals surface area contributed by atoms with Gasteiger partial charge >= 0.3 is 59.1 Å². The van der Waals surface area contributed by atoms with E-state index in [2.05, 4.69) is 0 Å². The first kappa shape index (κ1) is 19.1. The largest absolute Gasteiger partial charge is 1.00 e. The number of carbonyl (C=O) groups is 1. The van der Waals surface area contributed by atoms with Crippen molar-refractivity contribution in [2.75, 3.05) is 0 Å². The van der Waals surface area contributed by atoms with E-state index in [0.717, 1.165) is 12.1 Å². The van der Waals surface area contributed by atoms with Crippen molar-refractivity contribution in [1.29, 1.82) is 0 Å². The first-order valence-corrected chi connectivity index (χ1v) is 4.61. The Morgan fingerprint density at radius 3 is 2.25 bits per heavy atom. The number of carboxylic acid groups (broad SMARTS) is 1. The summed E-state index contributed by atoms with van der Waals surface area (Å²) < 4.78 is 34.1. The van der Waals surface area contributed by atoms with Crippen molar-refractivity contribution in [1.82, 2.24) is 0 Å². The minimum absolute atomic E-state index is 0. The van der Waals surface area contributed by atoms with Crippen LogP contribution in [0.2, 0.25) is 0 Å². The Labute approximate surface area is 138 Å². The fourth-order valence-corrected chi connectivity index (χ4v) is 1.47. The SMILES string of the molecule is Cc1cc(S(=O)[O-])cc(C(=O)[O-])c1F.[Na+].[Na+]. The van der Waals surface area contributed by atoms with E-state index in [1.807, 2.05) is 0 Å². The van der Waals surface area contributed by atoms with Gasteiger partial charge in [-0.3, -0.25) is 4.21 Å². The molecule has 0 N–H and O–H groups in total. The van der Waals surface area contributed by atoms with Crippen molar-refractivity contribution in [3.05, 3.63) is 29.1 Å². The van der Waals surface area contributed by atoms with Crippen molar-refractivity contribution in [3.8, 4) is 0 Å². The van der Waals surface area contributed by atoms with Crippen molar-refractivity contribution < 1.29 is 82.2 Å². The first-order chi connectivity index (χ1) is 6.43. The molecule has 0 radical (unpaired) electrons. The third-order valence-corrected chi connectivity index (χ3v) is 2.26. The molecule has 0 aliphatic rings. The minimum atomic E-state index is -2.58. The van der Waals surface area contributed by atoms with Gasteiger partial charge in [-0.1, -0.05) is 0 Å². The Morgan fingerprint density at radius 1 is 1.38 bits per heavy atom. The molecule has 16 heavy (non-hydrogen) atoms. The molecule has 0 spiro atoms. The normalized spacial score (nSPS) is 10.9. The molecule has 8 heteroatoms. The number of carboxylic acids is 1. The zero-order chi connectivity index (χ0) is 10.9. The van der Waals surface area contributed by atoms with Crippen LogP contribution in [0.15, 0.2) is 17.0 Å². The molecular weight excluding hydrogens is 257 g/mol. The van der Waals surface area contributed by atoms with Crippen LogP contribution in [0, 0.1) is 12.7 Å². The predicted octanol–water partition coefficient (Wildman–Crippen LogP) is -6.26. The standard InChI is InChI=1S/C8H7FO4S.2Na/c1-4-2-5(14(12)13)3-6(7(4)9)8(10)11;;/h2-3H,1H3,(H,10,11)(H,12,13);;/q;2*+1/p-2. The summed E-state index contributed by atoms with van der Waals surface area (Å²) in [5, 5.41) is 10.4. The van der Waals surface area contributed by atoms with Gasteiger partial charge in [0.15, 0.2) is 0 Å². The minimum Gasteiger partial charge on any atom is -0.768 e. The zero-order valence-electron chi connectivity index (χ0n) is 9.07. The summed E-state index contributed by atoms with van der Waals surface area (Å²) >= 11 is -2.58. The molecule has 0 aliphatic carbocycles.